The molecule has 4 aromatic rings. The predicted octanol–water partition coefficient (Wildman–Crippen LogP) is 4.54. The van der Waals surface area contributed by atoms with E-state index in [-0.39, 0.29) is 24.8 Å². The molecule has 0 bridgehead atoms. The fourth-order valence-corrected chi connectivity index (χ4v) is 4.75. The van der Waals surface area contributed by atoms with Crippen molar-refractivity contribution in [1.82, 2.24) is 29.1 Å². The maximum absolute atomic E-state index is 12.9. The highest BCUT2D eigenvalue weighted by Crippen LogP contribution is 2.32. The summed E-state index contributed by atoms with van der Waals surface area (Å²) in [7, 11) is 0. The summed E-state index contributed by atoms with van der Waals surface area (Å²) >= 11 is 7.11. The number of nitrogens with one attached hydrogen (secondary N) is 1. The molecule has 0 aliphatic rings. The molecule has 4 aromatic heterocycles. The minimum atomic E-state index is -0.342. The van der Waals surface area contributed by atoms with Gasteiger partial charge in [0.1, 0.15) is 11.6 Å². The van der Waals surface area contributed by atoms with Gasteiger partial charge in [-0.25, -0.2) is 19.9 Å². The van der Waals surface area contributed by atoms with Crippen molar-refractivity contribution in [3.8, 4) is 11.6 Å². The Balaban J connectivity index is 1.54. The number of aryl methyl sites for hydroxylation is 2. The summed E-state index contributed by atoms with van der Waals surface area (Å²) in [5.41, 5.74) is 1.12. The number of anilines is 2. The first-order valence-electron chi connectivity index (χ1n) is 10.8. The highest BCUT2D eigenvalue weighted by molar-refractivity contribution is 9.11. The van der Waals surface area contributed by atoms with Crippen molar-refractivity contribution in [3.05, 3.63) is 82.6 Å². The minimum absolute atomic E-state index is 0.0436. The van der Waals surface area contributed by atoms with Gasteiger partial charge in [0.05, 0.1) is 20.3 Å². The van der Waals surface area contributed by atoms with E-state index in [1.807, 2.05) is 18.4 Å². The number of aromatic nitrogens is 6. The fraction of sp³-hybridized carbons (Fsp3) is 0.167. The zero-order chi connectivity index (χ0) is 25.8. The van der Waals surface area contributed by atoms with Crippen molar-refractivity contribution in [2.45, 2.75) is 20.3 Å². The largest absolute Gasteiger partial charge is 0.325 e. The quantitative estimate of drug-likeness (QED) is 0.292. The van der Waals surface area contributed by atoms with Crippen LogP contribution >= 0.6 is 31.9 Å². The Hall–Kier alpha value is -3.64. The number of carbonyl (C=O) groups is 2. The Morgan fingerprint density at radius 2 is 1.53 bits per heavy atom. The van der Waals surface area contributed by atoms with Gasteiger partial charge in [0.25, 0.3) is 0 Å². The Labute approximate surface area is 224 Å². The zero-order valence-electron chi connectivity index (χ0n) is 19.5. The van der Waals surface area contributed by atoms with Crippen LogP contribution < -0.4 is 10.2 Å². The Morgan fingerprint density at radius 1 is 0.944 bits per heavy atom. The fourth-order valence-electron chi connectivity index (χ4n) is 3.59. The molecule has 0 saturated carbocycles. The molecule has 12 heteroatoms. The molecule has 0 aliphatic carbocycles. The molecule has 0 saturated heterocycles. The van der Waals surface area contributed by atoms with E-state index in [1.165, 1.54) is 11.0 Å². The molecular formula is C24H22Br2N8O2. The topological polar surface area (TPSA) is 111 Å². The van der Waals surface area contributed by atoms with E-state index >= 15 is 0 Å². The Morgan fingerprint density at radius 3 is 2.08 bits per heavy atom. The van der Waals surface area contributed by atoms with Crippen molar-refractivity contribution in [3.63, 3.8) is 0 Å². The van der Waals surface area contributed by atoms with Crippen molar-refractivity contribution in [2.75, 3.05) is 16.8 Å². The molecule has 4 rings (SSSR count). The average molecular weight is 614 g/mol. The summed E-state index contributed by atoms with van der Waals surface area (Å²) in [5, 5.41) is 2.89. The number of rotatable bonds is 8. The summed E-state index contributed by atoms with van der Waals surface area (Å²) in [6.45, 7) is 7.45. The number of hydrogen-bond donors (Lipinski definition) is 1. The number of carbonyl (C=O) groups excluding carboxylic acids is 2. The van der Waals surface area contributed by atoms with Gasteiger partial charge < -0.3 is 10.2 Å². The smallest absolute Gasteiger partial charge is 0.250 e. The number of hydrogen-bond acceptors (Lipinski definition) is 6. The normalized spacial score (nSPS) is 10.8. The molecule has 0 aromatic carbocycles. The van der Waals surface area contributed by atoms with E-state index in [2.05, 4.69) is 63.7 Å². The van der Waals surface area contributed by atoms with Crippen LogP contribution in [-0.4, -0.2) is 47.4 Å². The standard InChI is InChI=1S/C24H22Br2N8O2/c1-4-20(36)34(18-6-9-30-24(22(18)26)33-14-11-28-16(33)3)12-7-19(35)31-17-5-8-29-23(21(17)25)32-13-10-27-15(32)2/h4-6,8-11,13-14H,1,7,12H2,2-3H3,(H,29,31,35). The van der Waals surface area contributed by atoms with E-state index in [0.717, 1.165) is 11.6 Å². The first kappa shape index (κ1) is 25.5. The van der Waals surface area contributed by atoms with Crippen LogP contribution in [0.2, 0.25) is 0 Å². The third-order valence-corrected chi connectivity index (χ3v) is 6.94. The van der Waals surface area contributed by atoms with Crippen LogP contribution in [0.3, 0.4) is 0 Å². The van der Waals surface area contributed by atoms with E-state index in [9.17, 15) is 9.59 Å². The van der Waals surface area contributed by atoms with Gasteiger partial charge >= 0.3 is 0 Å². The Bertz CT molecular complexity index is 1450. The van der Waals surface area contributed by atoms with E-state index in [1.54, 1.807) is 53.9 Å². The lowest BCUT2D eigenvalue weighted by molar-refractivity contribution is -0.116. The number of imidazole rings is 2. The van der Waals surface area contributed by atoms with E-state index < -0.39 is 0 Å². The average Bonchev–Trinajstić information content (AvgIpc) is 3.49. The molecule has 36 heavy (non-hydrogen) atoms. The number of pyridine rings is 2. The van der Waals surface area contributed by atoms with Gasteiger partial charge in [0.15, 0.2) is 11.6 Å². The molecule has 0 radical (unpaired) electrons. The number of amides is 2. The second kappa shape index (κ2) is 11.0. The van der Waals surface area contributed by atoms with Gasteiger partial charge in [-0.3, -0.25) is 18.7 Å². The van der Waals surface area contributed by atoms with E-state index in [0.29, 0.717) is 32.0 Å². The van der Waals surface area contributed by atoms with Crippen LogP contribution in [0.5, 0.6) is 0 Å². The molecule has 1 N–H and O–H groups in total. The third-order valence-electron chi connectivity index (χ3n) is 5.40. The maximum atomic E-state index is 12.9. The minimum Gasteiger partial charge on any atom is -0.325 e. The molecular weight excluding hydrogens is 592 g/mol. The van der Waals surface area contributed by atoms with Gasteiger partial charge in [-0.05, 0) is 63.9 Å². The summed E-state index contributed by atoms with van der Waals surface area (Å²) in [4.78, 5) is 44.4. The third kappa shape index (κ3) is 5.14. The maximum Gasteiger partial charge on any atom is 0.250 e. The Kier molecular flexibility index (Phi) is 7.75. The highest BCUT2D eigenvalue weighted by Gasteiger charge is 2.21. The summed E-state index contributed by atoms with van der Waals surface area (Å²) < 4.78 is 4.83. The number of nitrogens with zero attached hydrogens (tertiary/aromatic N) is 7. The summed E-state index contributed by atoms with van der Waals surface area (Å²) in [6.07, 6.45) is 11.4. The second-order valence-electron chi connectivity index (χ2n) is 7.64. The lowest BCUT2D eigenvalue weighted by Gasteiger charge is -2.23. The molecule has 2 amide bonds. The second-order valence-corrected chi connectivity index (χ2v) is 9.23. The predicted molar refractivity (Wildman–Crippen MR) is 143 cm³/mol. The van der Waals surface area contributed by atoms with Gasteiger partial charge in [-0.1, -0.05) is 6.58 Å². The van der Waals surface area contributed by atoms with Crippen molar-refractivity contribution >= 4 is 55.0 Å². The lowest BCUT2D eigenvalue weighted by atomic mass is 10.2. The van der Waals surface area contributed by atoms with Crippen molar-refractivity contribution in [1.29, 1.82) is 0 Å². The molecule has 10 nitrogen and oxygen atoms in total. The number of halogens is 2. The van der Waals surface area contributed by atoms with Crippen LogP contribution in [0.4, 0.5) is 11.4 Å². The van der Waals surface area contributed by atoms with Gasteiger partial charge in [-0.2, -0.15) is 0 Å². The first-order valence-corrected chi connectivity index (χ1v) is 12.4. The zero-order valence-corrected chi connectivity index (χ0v) is 22.7. The molecule has 0 aliphatic heterocycles. The van der Waals surface area contributed by atoms with Crippen LogP contribution in [0.15, 0.2) is 70.9 Å². The molecule has 0 spiro atoms. The van der Waals surface area contributed by atoms with Crippen LogP contribution in [-0.2, 0) is 9.59 Å². The monoisotopic (exact) mass is 612 g/mol. The van der Waals surface area contributed by atoms with Crippen LogP contribution in [0, 0.1) is 13.8 Å². The first-order chi connectivity index (χ1) is 17.3. The van der Waals surface area contributed by atoms with Gasteiger partial charge in [0, 0.05) is 50.1 Å². The summed E-state index contributed by atoms with van der Waals surface area (Å²) in [5.74, 6) is 2.08. The van der Waals surface area contributed by atoms with Gasteiger partial charge in [0.2, 0.25) is 11.8 Å². The molecule has 0 unspecified atom stereocenters. The molecule has 184 valence electrons. The van der Waals surface area contributed by atoms with E-state index in [4.69, 9.17) is 0 Å². The van der Waals surface area contributed by atoms with Gasteiger partial charge in [-0.15, -0.1) is 0 Å². The highest BCUT2D eigenvalue weighted by atomic mass is 79.9. The molecule has 0 fully saturated rings. The molecule has 4 heterocycles. The lowest BCUT2D eigenvalue weighted by Crippen LogP contribution is -2.33. The van der Waals surface area contributed by atoms with Crippen LogP contribution in [0.1, 0.15) is 18.1 Å². The van der Waals surface area contributed by atoms with Crippen LogP contribution in [0.25, 0.3) is 11.6 Å². The summed E-state index contributed by atoms with van der Waals surface area (Å²) in [6, 6.07) is 3.40. The van der Waals surface area contributed by atoms with Crippen molar-refractivity contribution in [2.24, 2.45) is 0 Å². The van der Waals surface area contributed by atoms with Crippen molar-refractivity contribution < 1.29 is 9.59 Å². The molecule has 0 atom stereocenters. The SMILES string of the molecule is C=CC(=O)N(CCC(=O)Nc1ccnc(-n2ccnc2C)c1Br)c1ccnc(-n2ccnc2C)c1Br.